The third kappa shape index (κ3) is 3.50. The Morgan fingerprint density at radius 3 is 2.74 bits per heavy atom. The van der Waals surface area contributed by atoms with Gasteiger partial charge >= 0.3 is 0 Å². The monoisotopic (exact) mass is 367 g/mol. The van der Waals surface area contributed by atoms with Crippen molar-refractivity contribution in [3.05, 3.63) is 51.8 Å². The fourth-order valence-corrected chi connectivity index (χ4v) is 4.63. The molecule has 0 aromatic carbocycles. The molecule has 0 bridgehead atoms. The van der Waals surface area contributed by atoms with E-state index in [1.165, 1.54) is 0 Å². The Balaban J connectivity index is 1.46. The third-order valence-electron chi connectivity index (χ3n) is 6.14. The van der Waals surface area contributed by atoms with Crippen molar-refractivity contribution in [2.75, 3.05) is 31.1 Å². The normalized spacial score (nSPS) is 25.2. The number of hydrogen-bond acceptors (Lipinski definition) is 5. The quantitative estimate of drug-likeness (QED) is 0.827. The van der Waals surface area contributed by atoms with Crippen molar-refractivity contribution >= 4 is 5.82 Å². The minimum absolute atomic E-state index is 0.0649. The molecular formula is C21H29N5O. The highest BCUT2D eigenvalue weighted by Gasteiger charge is 2.49. The number of pyridine rings is 1. The minimum atomic E-state index is 0.0649. The van der Waals surface area contributed by atoms with E-state index < -0.39 is 0 Å². The molecule has 4 heterocycles. The molecule has 0 aliphatic carbocycles. The first-order valence-corrected chi connectivity index (χ1v) is 9.84. The van der Waals surface area contributed by atoms with Gasteiger partial charge < -0.3 is 9.47 Å². The summed E-state index contributed by atoms with van der Waals surface area (Å²) in [7, 11) is 1.79. The molecule has 0 saturated carbocycles. The molecule has 144 valence electrons. The Labute approximate surface area is 160 Å². The molecule has 2 aromatic rings. The molecule has 2 aliphatic heterocycles. The zero-order valence-corrected chi connectivity index (χ0v) is 16.8. The fraction of sp³-hybridized carbons (Fsp3) is 0.571. The topological polar surface area (TPSA) is 54.3 Å². The van der Waals surface area contributed by atoms with E-state index >= 15 is 0 Å². The Morgan fingerprint density at radius 2 is 2.04 bits per heavy atom. The smallest absolute Gasteiger partial charge is 0.250 e. The summed E-state index contributed by atoms with van der Waals surface area (Å²) in [6.07, 6.45) is 2.73. The van der Waals surface area contributed by atoms with Crippen molar-refractivity contribution in [1.82, 2.24) is 19.4 Å². The van der Waals surface area contributed by atoms with Gasteiger partial charge in [-0.25, -0.2) is 9.97 Å². The molecule has 2 aromatic heterocycles. The van der Waals surface area contributed by atoms with Crippen molar-refractivity contribution in [1.29, 1.82) is 0 Å². The average molecular weight is 367 g/mol. The molecule has 0 radical (unpaired) electrons. The van der Waals surface area contributed by atoms with Crippen LogP contribution < -0.4 is 10.5 Å². The Hall–Kier alpha value is -2.21. The number of fused-ring (bicyclic) bond motifs is 1. The molecule has 2 fully saturated rings. The first-order chi connectivity index (χ1) is 12.9. The lowest BCUT2D eigenvalue weighted by atomic mass is 9.83. The summed E-state index contributed by atoms with van der Waals surface area (Å²) < 4.78 is 1.62. The average Bonchev–Trinajstić information content (AvgIpc) is 3.08. The molecule has 0 amide bonds. The number of anilines is 1. The summed E-state index contributed by atoms with van der Waals surface area (Å²) in [5.41, 5.74) is 2.49. The number of aromatic nitrogens is 3. The van der Waals surface area contributed by atoms with Gasteiger partial charge in [0.1, 0.15) is 11.6 Å². The maximum Gasteiger partial charge on any atom is 0.250 e. The molecule has 0 N–H and O–H groups in total. The number of likely N-dealkylation sites (tertiary alicyclic amines) is 1. The van der Waals surface area contributed by atoms with Crippen molar-refractivity contribution in [2.45, 2.75) is 33.7 Å². The number of aryl methyl sites for hydroxylation is 3. The molecule has 0 unspecified atom stereocenters. The van der Waals surface area contributed by atoms with E-state index in [9.17, 15) is 4.79 Å². The zero-order chi connectivity index (χ0) is 19.2. The first-order valence-electron chi connectivity index (χ1n) is 9.84. The van der Waals surface area contributed by atoms with Crippen molar-refractivity contribution in [3.63, 3.8) is 0 Å². The Kier molecular flexibility index (Phi) is 4.54. The predicted octanol–water partition coefficient (Wildman–Crippen LogP) is 2.00. The van der Waals surface area contributed by atoms with Gasteiger partial charge in [0.15, 0.2) is 0 Å². The predicted molar refractivity (Wildman–Crippen MR) is 107 cm³/mol. The Morgan fingerprint density at radius 1 is 1.22 bits per heavy atom. The lowest BCUT2D eigenvalue weighted by molar-refractivity contribution is 0.276. The molecule has 27 heavy (non-hydrogen) atoms. The third-order valence-corrected chi connectivity index (χ3v) is 6.14. The van der Waals surface area contributed by atoms with E-state index in [0.717, 1.165) is 62.0 Å². The van der Waals surface area contributed by atoms with Crippen LogP contribution in [0.3, 0.4) is 0 Å². The van der Waals surface area contributed by atoms with Crippen LogP contribution in [0.15, 0.2) is 29.2 Å². The second kappa shape index (κ2) is 6.75. The van der Waals surface area contributed by atoms with Crippen LogP contribution in [0.5, 0.6) is 0 Å². The lowest BCUT2D eigenvalue weighted by Crippen LogP contribution is -2.33. The summed E-state index contributed by atoms with van der Waals surface area (Å²) >= 11 is 0. The molecule has 2 saturated heterocycles. The van der Waals surface area contributed by atoms with E-state index in [1.807, 2.05) is 6.20 Å². The maximum atomic E-state index is 11.9. The molecule has 2 atom stereocenters. The van der Waals surface area contributed by atoms with Gasteiger partial charge in [0, 0.05) is 75.6 Å². The van der Waals surface area contributed by atoms with Crippen molar-refractivity contribution in [2.24, 2.45) is 18.4 Å². The van der Waals surface area contributed by atoms with Gasteiger partial charge in [0.2, 0.25) is 0 Å². The van der Waals surface area contributed by atoms with Crippen LogP contribution in [0.25, 0.3) is 0 Å². The van der Waals surface area contributed by atoms with E-state index in [-0.39, 0.29) is 11.0 Å². The van der Waals surface area contributed by atoms with Gasteiger partial charge in [0.05, 0.1) is 0 Å². The largest absolute Gasteiger partial charge is 0.356 e. The van der Waals surface area contributed by atoms with Crippen LogP contribution in [0.1, 0.15) is 30.9 Å². The highest BCUT2D eigenvalue weighted by atomic mass is 16.1. The second-order valence-electron chi connectivity index (χ2n) is 8.52. The van der Waals surface area contributed by atoms with Crippen LogP contribution in [0.2, 0.25) is 0 Å². The molecular weight excluding hydrogens is 338 g/mol. The van der Waals surface area contributed by atoms with Gasteiger partial charge in [0.25, 0.3) is 5.56 Å². The van der Waals surface area contributed by atoms with Gasteiger partial charge in [-0.15, -0.1) is 0 Å². The first kappa shape index (κ1) is 18.2. The molecule has 2 aliphatic rings. The van der Waals surface area contributed by atoms with Gasteiger partial charge in [-0.2, -0.15) is 0 Å². The van der Waals surface area contributed by atoms with Crippen molar-refractivity contribution < 1.29 is 0 Å². The second-order valence-corrected chi connectivity index (χ2v) is 8.52. The molecule has 6 heteroatoms. The maximum absolute atomic E-state index is 11.9. The fourth-order valence-electron chi connectivity index (χ4n) is 4.63. The van der Waals surface area contributed by atoms with E-state index in [2.05, 4.69) is 47.7 Å². The lowest BCUT2D eigenvalue weighted by Gasteiger charge is -2.26. The van der Waals surface area contributed by atoms with Gasteiger partial charge in [-0.05, 0) is 24.5 Å². The number of rotatable bonds is 4. The van der Waals surface area contributed by atoms with Crippen LogP contribution in [-0.4, -0.2) is 45.6 Å². The SMILES string of the molecule is CCc1nc(C)cc(N2C[C@@H]3CN(Cc4ccn(C)c(=O)c4)C[C@]3(C)C2)n1. The molecule has 4 rings (SSSR count). The summed E-state index contributed by atoms with van der Waals surface area (Å²) in [6, 6.07) is 5.93. The van der Waals surface area contributed by atoms with Crippen molar-refractivity contribution in [3.8, 4) is 0 Å². The standard InChI is InChI=1S/C21H29N5O/c1-5-18-22-15(2)8-19(23-18)26-12-17-11-25(13-21(17,3)14-26)10-16-6-7-24(4)20(27)9-16/h6-9,17H,5,10-14H2,1-4H3/t17-,21+/m0/s1. The summed E-state index contributed by atoms with van der Waals surface area (Å²) in [6.45, 7) is 11.6. The highest BCUT2D eigenvalue weighted by molar-refractivity contribution is 5.42. The van der Waals surface area contributed by atoms with Gasteiger partial charge in [-0.3, -0.25) is 9.69 Å². The zero-order valence-electron chi connectivity index (χ0n) is 16.8. The van der Waals surface area contributed by atoms with Crippen LogP contribution in [0, 0.1) is 18.3 Å². The molecule has 6 nitrogen and oxygen atoms in total. The van der Waals surface area contributed by atoms with E-state index in [0.29, 0.717) is 5.92 Å². The number of nitrogens with zero attached hydrogens (tertiary/aromatic N) is 5. The number of hydrogen-bond donors (Lipinski definition) is 0. The van der Waals surface area contributed by atoms with Gasteiger partial charge in [-0.1, -0.05) is 13.8 Å². The van der Waals surface area contributed by atoms with E-state index in [1.54, 1.807) is 17.7 Å². The van der Waals surface area contributed by atoms with E-state index in [4.69, 9.17) is 4.98 Å². The highest BCUT2D eigenvalue weighted by Crippen LogP contribution is 2.43. The Bertz CT molecular complexity index is 908. The summed E-state index contributed by atoms with van der Waals surface area (Å²) in [5, 5.41) is 0. The minimum Gasteiger partial charge on any atom is -0.356 e. The van der Waals surface area contributed by atoms with Crippen LogP contribution >= 0.6 is 0 Å². The summed E-state index contributed by atoms with van der Waals surface area (Å²) in [4.78, 5) is 26.1. The summed E-state index contributed by atoms with van der Waals surface area (Å²) in [5.74, 6) is 2.64. The van der Waals surface area contributed by atoms with Crippen LogP contribution in [-0.2, 0) is 20.0 Å². The van der Waals surface area contributed by atoms with Crippen LogP contribution in [0.4, 0.5) is 5.82 Å². The molecule has 0 spiro atoms.